The highest BCUT2D eigenvalue weighted by Crippen LogP contribution is 2.10. The summed E-state index contributed by atoms with van der Waals surface area (Å²) in [5.74, 6) is 0. The number of hydrogen-bond acceptors (Lipinski definition) is 2. The number of halogens is 2. The average Bonchev–Trinajstić information content (AvgIpc) is 2.46. The van der Waals surface area contributed by atoms with Crippen LogP contribution < -0.4 is 0 Å². The zero-order valence-electron chi connectivity index (χ0n) is 10.8. The molecule has 0 N–H and O–H groups in total. The quantitative estimate of drug-likeness (QED) is 0.707. The van der Waals surface area contributed by atoms with Gasteiger partial charge in [0.25, 0.3) is 0 Å². The molecule has 20 heavy (non-hydrogen) atoms. The summed E-state index contributed by atoms with van der Waals surface area (Å²) in [6.07, 6.45) is 3.43. The number of rotatable bonds is 5. The van der Waals surface area contributed by atoms with Crippen molar-refractivity contribution in [2.24, 2.45) is 9.98 Å². The monoisotopic (exact) mass is 304 g/mol. The molecule has 0 amide bonds. The van der Waals surface area contributed by atoms with Gasteiger partial charge in [-0.15, -0.1) is 0 Å². The summed E-state index contributed by atoms with van der Waals surface area (Å²) in [6.45, 7) is 1.26. The summed E-state index contributed by atoms with van der Waals surface area (Å²) in [5.41, 5.74) is 2.24. The van der Waals surface area contributed by atoms with Crippen LogP contribution in [0.15, 0.2) is 58.5 Å². The lowest BCUT2D eigenvalue weighted by Gasteiger charge is -1.96. The molecule has 0 aliphatic carbocycles. The molecule has 2 aromatic rings. The molecule has 0 aromatic heterocycles. The Balaban J connectivity index is 1.76. The van der Waals surface area contributed by atoms with Gasteiger partial charge >= 0.3 is 0 Å². The molecule has 0 unspecified atom stereocenters. The van der Waals surface area contributed by atoms with Crippen LogP contribution in [0.25, 0.3) is 0 Å². The molecule has 0 radical (unpaired) electrons. The first kappa shape index (κ1) is 14.8. The third-order valence-electron chi connectivity index (χ3n) is 2.65. The first-order valence-electron chi connectivity index (χ1n) is 6.21. The fraction of sp³-hybridized carbons (Fsp3) is 0.125. The van der Waals surface area contributed by atoms with Crippen LogP contribution in [0.5, 0.6) is 0 Å². The van der Waals surface area contributed by atoms with E-state index in [1.165, 1.54) is 0 Å². The number of aliphatic imine (C=N–C) groups is 2. The van der Waals surface area contributed by atoms with E-state index in [9.17, 15) is 0 Å². The Morgan fingerprint density at radius 3 is 1.35 bits per heavy atom. The molecule has 102 valence electrons. The maximum atomic E-state index is 5.81. The fourth-order valence-corrected chi connectivity index (χ4v) is 1.84. The molecule has 0 heterocycles. The van der Waals surface area contributed by atoms with Crippen molar-refractivity contribution in [2.45, 2.75) is 13.1 Å². The Morgan fingerprint density at radius 1 is 0.650 bits per heavy atom. The van der Waals surface area contributed by atoms with E-state index < -0.39 is 0 Å². The molecule has 0 aliphatic heterocycles. The highest BCUT2D eigenvalue weighted by Gasteiger charge is 1.90. The Kier molecular flexibility index (Phi) is 5.78. The first-order chi connectivity index (χ1) is 9.74. The summed E-state index contributed by atoms with van der Waals surface area (Å²) in [5, 5.41) is 1.48. The zero-order valence-corrected chi connectivity index (χ0v) is 12.3. The van der Waals surface area contributed by atoms with E-state index in [0.717, 1.165) is 21.2 Å². The summed E-state index contributed by atoms with van der Waals surface area (Å²) in [7, 11) is 0. The SMILES string of the molecule is Clc1ccc(CN=CC=NCc2ccc(Cl)cc2)cc1. The Bertz CT molecular complexity index is 531. The minimum atomic E-state index is 0.629. The summed E-state index contributed by atoms with van der Waals surface area (Å²) >= 11 is 11.6. The van der Waals surface area contributed by atoms with Crippen molar-refractivity contribution in [2.75, 3.05) is 0 Å². The van der Waals surface area contributed by atoms with E-state index in [4.69, 9.17) is 23.2 Å². The molecule has 0 fully saturated rings. The number of nitrogens with zero attached hydrogens (tertiary/aromatic N) is 2. The molecule has 0 saturated heterocycles. The molecule has 2 aromatic carbocycles. The molecule has 0 spiro atoms. The van der Waals surface area contributed by atoms with Crippen LogP contribution in [0, 0.1) is 0 Å². The smallest absolute Gasteiger partial charge is 0.0640 e. The van der Waals surface area contributed by atoms with Gasteiger partial charge in [0.15, 0.2) is 0 Å². The van der Waals surface area contributed by atoms with Crippen LogP contribution >= 0.6 is 23.2 Å². The second-order valence-corrected chi connectivity index (χ2v) is 5.11. The normalized spacial score (nSPS) is 11.5. The van der Waals surface area contributed by atoms with E-state index in [2.05, 4.69) is 9.98 Å². The van der Waals surface area contributed by atoms with Gasteiger partial charge in [-0.2, -0.15) is 0 Å². The van der Waals surface area contributed by atoms with Crippen LogP contribution in [-0.2, 0) is 13.1 Å². The topological polar surface area (TPSA) is 24.7 Å². The highest BCUT2D eigenvalue weighted by molar-refractivity contribution is 6.30. The molecular formula is C16H14Cl2N2. The van der Waals surface area contributed by atoms with Gasteiger partial charge in [0, 0.05) is 22.5 Å². The van der Waals surface area contributed by atoms with Gasteiger partial charge in [-0.3, -0.25) is 9.98 Å². The predicted octanol–water partition coefficient (Wildman–Crippen LogP) is 4.84. The van der Waals surface area contributed by atoms with E-state index in [0.29, 0.717) is 13.1 Å². The first-order valence-corrected chi connectivity index (χ1v) is 6.97. The third kappa shape index (κ3) is 5.16. The summed E-state index contributed by atoms with van der Waals surface area (Å²) in [4.78, 5) is 8.56. The second kappa shape index (κ2) is 7.83. The van der Waals surface area contributed by atoms with Gasteiger partial charge in [0.2, 0.25) is 0 Å². The molecule has 0 saturated carbocycles. The largest absolute Gasteiger partial charge is 0.287 e. The number of hydrogen-bond donors (Lipinski definition) is 0. The van der Waals surface area contributed by atoms with Gasteiger partial charge in [0.1, 0.15) is 0 Å². The predicted molar refractivity (Wildman–Crippen MR) is 87.3 cm³/mol. The van der Waals surface area contributed by atoms with Crippen molar-refractivity contribution in [1.82, 2.24) is 0 Å². The molecule has 0 atom stereocenters. The van der Waals surface area contributed by atoms with Crippen LogP contribution in [0.3, 0.4) is 0 Å². The Morgan fingerprint density at radius 2 is 1.00 bits per heavy atom. The van der Waals surface area contributed by atoms with Crippen molar-refractivity contribution in [3.05, 3.63) is 69.7 Å². The molecular weight excluding hydrogens is 291 g/mol. The highest BCUT2D eigenvalue weighted by atomic mass is 35.5. The molecule has 0 bridgehead atoms. The minimum absolute atomic E-state index is 0.629. The molecule has 4 heteroatoms. The fourth-order valence-electron chi connectivity index (χ4n) is 1.59. The van der Waals surface area contributed by atoms with E-state index in [1.807, 2.05) is 48.5 Å². The van der Waals surface area contributed by atoms with Gasteiger partial charge in [-0.25, -0.2) is 0 Å². The lowest BCUT2D eigenvalue weighted by molar-refractivity contribution is 1.07. The Labute approximate surface area is 128 Å². The minimum Gasteiger partial charge on any atom is -0.287 e. The van der Waals surface area contributed by atoms with Crippen molar-refractivity contribution < 1.29 is 0 Å². The standard InChI is InChI=1S/C16H14Cl2N2/c17-15-5-1-13(2-6-15)11-19-9-10-20-12-14-3-7-16(18)8-4-14/h1-10H,11-12H2. The maximum absolute atomic E-state index is 5.81. The van der Waals surface area contributed by atoms with Crippen molar-refractivity contribution in [3.8, 4) is 0 Å². The lowest BCUT2D eigenvalue weighted by atomic mass is 10.2. The van der Waals surface area contributed by atoms with Crippen LogP contribution in [0.1, 0.15) is 11.1 Å². The van der Waals surface area contributed by atoms with Gasteiger partial charge in [-0.05, 0) is 35.4 Å². The maximum Gasteiger partial charge on any atom is 0.0640 e. The van der Waals surface area contributed by atoms with Gasteiger partial charge in [-0.1, -0.05) is 47.5 Å². The number of benzene rings is 2. The molecule has 2 rings (SSSR count). The van der Waals surface area contributed by atoms with Crippen molar-refractivity contribution >= 4 is 35.6 Å². The van der Waals surface area contributed by atoms with Crippen LogP contribution in [0.4, 0.5) is 0 Å². The van der Waals surface area contributed by atoms with Gasteiger partial charge in [0.05, 0.1) is 13.1 Å². The van der Waals surface area contributed by atoms with E-state index in [1.54, 1.807) is 12.4 Å². The third-order valence-corrected chi connectivity index (χ3v) is 3.16. The van der Waals surface area contributed by atoms with Crippen LogP contribution in [0.2, 0.25) is 10.0 Å². The van der Waals surface area contributed by atoms with Gasteiger partial charge < -0.3 is 0 Å². The summed E-state index contributed by atoms with van der Waals surface area (Å²) in [6, 6.07) is 15.3. The van der Waals surface area contributed by atoms with E-state index in [-0.39, 0.29) is 0 Å². The Hall–Kier alpha value is -1.64. The lowest BCUT2D eigenvalue weighted by Crippen LogP contribution is -1.85. The summed E-state index contributed by atoms with van der Waals surface area (Å²) < 4.78 is 0. The zero-order chi connectivity index (χ0) is 14.2. The van der Waals surface area contributed by atoms with Crippen molar-refractivity contribution in [1.29, 1.82) is 0 Å². The van der Waals surface area contributed by atoms with Crippen LogP contribution in [-0.4, -0.2) is 12.4 Å². The second-order valence-electron chi connectivity index (χ2n) is 4.23. The van der Waals surface area contributed by atoms with E-state index >= 15 is 0 Å². The molecule has 0 aliphatic rings. The average molecular weight is 305 g/mol. The molecule has 2 nitrogen and oxygen atoms in total. The van der Waals surface area contributed by atoms with Crippen molar-refractivity contribution in [3.63, 3.8) is 0 Å².